The van der Waals surface area contributed by atoms with Gasteiger partial charge in [0.2, 0.25) is 0 Å². The number of aryl methyl sites for hydroxylation is 1. The fraction of sp³-hybridized carbons (Fsp3) is 0.222. The molecule has 0 heterocycles. The Bertz CT molecular complexity index is 817. The van der Waals surface area contributed by atoms with Gasteiger partial charge in [-0.15, -0.1) is 0 Å². The summed E-state index contributed by atoms with van der Waals surface area (Å²) in [7, 11) is 1.29. The van der Waals surface area contributed by atoms with Crippen molar-refractivity contribution >= 4 is 17.6 Å². The van der Waals surface area contributed by atoms with E-state index in [1.165, 1.54) is 19.2 Å². The van der Waals surface area contributed by atoms with Crippen molar-refractivity contribution < 1.29 is 24.0 Å². The van der Waals surface area contributed by atoms with Crippen LogP contribution >= 0.6 is 0 Å². The Hall–Kier alpha value is -3.42. The van der Waals surface area contributed by atoms with E-state index in [1.807, 2.05) is 31.2 Å². The third-order valence-electron chi connectivity index (χ3n) is 3.56. The number of hydrogen-bond donors (Lipinski definition) is 1. The van der Waals surface area contributed by atoms with Crippen LogP contribution in [0.2, 0.25) is 0 Å². The average molecular weight is 358 g/mol. The standard InChI is InChI=1S/C18H18N2O6/c1-12-3-5-13(6-4-12)10-19-17(21)11-26-18(22)14-7-8-16(25-2)15(9-14)20(23)24/h3-9H,10-11H2,1-2H3,(H,19,21). The predicted molar refractivity (Wildman–Crippen MR) is 93.0 cm³/mol. The van der Waals surface area contributed by atoms with Crippen molar-refractivity contribution in [1.82, 2.24) is 5.32 Å². The van der Waals surface area contributed by atoms with Gasteiger partial charge in [0.1, 0.15) is 0 Å². The Morgan fingerprint density at radius 1 is 1.15 bits per heavy atom. The first kappa shape index (κ1) is 18.9. The average Bonchev–Trinajstić information content (AvgIpc) is 2.65. The highest BCUT2D eigenvalue weighted by molar-refractivity contribution is 5.92. The van der Waals surface area contributed by atoms with Gasteiger partial charge in [0.25, 0.3) is 5.91 Å². The Morgan fingerprint density at radius 3 is 2.46 bits per heavy atom. The number of hydrogen-bond acceptors (Lipinski definition) is 6. The van der Waals surface area contributed by atoms with E-state index in [-0.39, 0.29) is 17.0 Å². The molecule has 0 saturated carbocycles. The fourth-order valence-corrected chi connectivity index (χ4v) is 2.13. The maximum absolute atomic E-state index is 12.0. The van der Waals surface area contributed by atoms with Gasteiger partial charge >= 0.3 is 11.7 Å². The number of nitro groups is 1. The molecule has 0 aliphatic heterocycles. The van der Waals surface area contributed by atoms with Crippen molar-refractivity contribution in [2.75, 3.05) is 13.7 Å². The molecule has 0 saturated heterocycles. The summed E-state index contributed by atoms with van der Waals surface area (Å²) in [6.45, 7) is 1.79. The molecule has 0 aliphatic rings. The Balaban J connectivity index is 1.89. The van der Waals surface area contributed by atoms with Crippen molar-refractivity contribution in [2.45, 2.75) is 13.5 Å². The number of methoxy groups -OCH3 is 1. The molecule has 0 atom stereocenters. The predicted octanol–water partition coefficient (Wildman–Crippen LogP) is 2.39. The third-order valence-corrected chi connectivity index (χ3v) is 3.56. The lowest BCUT2D eigenvalue weighted by atomic mass is 10.1. The number of nitrogens with zero attached hydrogens (tertiary/aromatic N) is 1. The Morgan fingerprint density at radius 2 is 1.85 bits per heavy atom. The zero-order chi connectivity index (χ0) is 19.1. The van der Waals surface area contributed by atoms with Gasteiger partial charge in [-0.2, -0.15) is 0 Å². The van der Waals surface area contributed by atoms with Gasteiger partial charge in [0, 0.05) is 12.6 Å². The number of amides is 1. The van der Waals surface area contributed by atoms with Crippen LogP contribution in [-0.2, 0) is 16.1 Å². The number of ether oxygens (including phenoxy) is 2. The van der Waals surface area contributed by atoms with Crippen LogP contribution in [0, 0.1) is 17.0 Å². The molecule has 1 amide bonds. The van der Waals surface area contributed by atoms with Crippen LogP contribution in [-0.4, -0.2) is 30.5 Å². The van der Waals surface area contributed by atoms with Gasteiger partial charge in [-0.25, -0.2) is 4.79 Å². The minimum absolute atomic E-state index is 0.0300. The first-order chi connectivity index (χ1) is 12.4. The second-order valence-corrected chi connectivity index (χ2v) is 5.48. The largest absolute Gasteiger partial charge is 0.490 e. The molecule has 0 fully saturated rings. The molecule has 2 rings (SSSR count). The van der Waals surface area contributed by atoms with Crippen LogP contribution in [0.15, 0.2) is 42.5 Å². The zero-order valence-electron chi connectivity index (χ0n) is 14.4. The van der Waals surface area contributed by atoms with Gasteiger partial charge in [-0.3, -0.25) is 14.9 Å². The molecule has 8 heteroatoms. The van der Waals surface area contributed by atoms with Crippen molar-refractivity contribution in [3.8, 4) is 5.75 Å². The van der Waals surface area contributed by atoms with E-state index in [0.717, 1.165) is 17.2 Å². The van der Waals surface area contributed by atoms with Gasteiger partial charge in [-0.1, -0.05) is 29.8 Å². The molecule has 0 aliphatic carbocycles. The summed E-state index contributed by atoms with van der Waals surface area (Å²) < 4.78 is 9.75. The molecule has 0 radical (unpaired) electrons. The van der Waals surface area contributed by atoms with Gasteiger partial charge in [-0.05, 0) is 24.6 Å². The molecule has 2 aromatic rings. The van der Waals surface area contributed by atoms with E-state index in [2.05, 4.69) is 5.32 Å². The zero-order valence-corrected chi connectivity index (χ0v) is 14.4. The van der Waals surface area contributed by atoms with Gasteiger partial charge in [0.05, 0.1) is 17.6 Å². The molecule has 136 valence electrons. The smallest absolute Gasteiger partial charge is 0.338 e. The van der Waals surface area contributed by atoms with Gasteiger partial charge in [0.15, 0.2) is 12.4 Å². The monoisotopic (exact) mass is 358 g/mol. The molecular formula is C18H18N2O6. The van der Waals surface area contributed by atoms with Gasteiger partial charge < -0.3 is 14.8 Å². The normalized spacial score (nSPS) is 10.1. The minimum Gasteiger partial charge on any atom is -0.490 e. The number of carbonyl (C=O) groups is 2. The van der Waals surface area contributed by atoms with Crippen LogP contribution in [0.25, 0.3) is 0 Å². The second kappa shape index (κ2) is 8.61. The second-order valence-electron chi connectivity index (χ2n) is 5.48. The number of benzene rings is 2. The van der Waals surface area contributed by atoms with E-state index >= 15 is 0 Å². The molecule has 0 aromatic heterocycles. The van der Waals surface area contributed by atoms with Crippen molar-refractivity contribution in [2.24, 2.45) is 0 Å². The summed E-state index contributed by atoms with van der Waals surface area (Å²) in [5.74, 6) is -1.27. The quantitative estimate of drug-likeness (QED) is 0.462. The maximum Gasteiger partial charge on any atom is 0.338 e. The van der Waals surface area contributed by atoms with E-state index in [4.69, 9.17) is 9.47 Å². The molecule has 0 bridgehead atoms. The van der Waals surface area contributed by atoms with Crippen LogP contribution in [0.1, 0.15) is 21.5 Å². The fourth-order valence-electron chi connectivity index (χ4n) is 2.13. The lowest BCUT2D eigenvalue weighted by molar-refractivity contribution is -0.385. The van der Waals surface area contributed by atoms with Crippen molar-refractivity contribution in [1.29, 1.82) is 0 Å². The highest BCUT2D eigenvalue weighted by Gasteiger charge is 2.19. The Kier molecular flexibility index (Phi) is 6.26. The number of nitro benzene ring substituents is 1. The summed E-state index contributed by atoms with van der Waals surface area (Å²) >= 11 is 0. The van der Waals surface area contributed by atoms with Crippen molar-refractivity contribution in [3.63, 3.8) is 0 Å². The third kappa shape index (κ3) is 5.04. The topological polar surface area (TPSA) is 108 Å². The lowest BCUT2D eigenvalue weighted by Gasteiger charge is -2.08. The summed E-state index contributed by atoms with van der Waals surface area (Å²) in [6, 6.07) is 11.3. The van der Waals surface area contributed by atoms with Crippen molar-refractivity contribution in [3.05, 3.63) is 69.3 Å². The van der Waals surface area contributed by atoms with Crippen LogP contribution in [0.5, 0.6) is 5.75 Å². The molecule has 1 N–H and O–H groups in total. The summed E-state index contributed by atoms with van der Waals surface area (Å²) in [6.07, 6.45) is 0. The molecule has 8 nitrogen and oxygen atoms in total. The number of nitrogens with one attached hydrogen (secondary N) is 1. The number of carbonyl (C=O) groups excluding carboxylic acids is 2. The maximum atomic E-state index is 12.0. The molecular weight excluding hydrogens is 340 g/mol. The highest BCUT2D eigenvalue weighted by atomic mass is 16.6. The Labute approximate surface area is 149 Å². The molecule has 26 heavy (non-hydrogen) atoms. The van der Waals surface area contributed by atoms with Crippen LogP contribution in [0.4, 0.5) is 5.69 Å². The van der Waals surface area contributed by atoms with Crippen LogP contribution in [0.3, 0.4) is 0 Å². The summed E-state index contributed by atoms with van der Waals surface area (Å²) in [5.41, 5.74) is 1.64. The van der Waals surface area contributed by atoms with E-state index < -0.39 is 23.4 Å². The number of rotatable bonds is 7. The first-order valence-electron chi connectivity index (χ1n) is 7.72. The first-order valence-corrected chi connectivity index (χ1v) is 7.72. The van der Waals surface area contributed by atoms with E-state index in [0.29, 0.717) is 6.54 Å². The molecule has 0 spiro atoms. The number of esters is 1. The van der Waals surface area contributed by atoms with Crippen LogP contribution < -0.4 is 10.1 Å². The molecule has 2 aromatic carbocycles. The van der Waals surface area contributed by atoms with E-state index in [1.54, 1.807) is 0 Å². The minimum atomic E-state index is -0.832. The lowest BCUT2D eigenvalue weighted by Crippen LogP contribution is -2.28. The van der Waals surface area contributed by atoms with E-state index in [9.17, 15) is 19.7 Å². The summed E-state index contributed by atoms with van der Waals surface area (Å²) in [5, 5.41) is 13.6. The highest BCUT2D eigenvalue weighted by Crippen LogP contribution is 2.27. The summed E-state index contributed by atoms with van der Waals surface area (Å²) in [4.78, 5) is 34.1. The molecule has 0 unspecified atom stereocenters. The SMILES string of the molecule is COc1ccc(C(=O)OCC(=O)NCc2ccc(C)cc2)cc1[N+](=O)[O-].